The van der Waals surface area contributed by atoms with E-state index in [-0.39, 0.29) is 11.3 Å². The van der Waals surface area contributed by atoms with Crippen LogP contribution < -0.4 is 4.74 Å². The molecular weight excluding hydrogens is 204 g/mol. The number of hydrogen-bond donors (Lipinski definition) is 0. The van der Waals surface area contributed by atoms with E-state index in [1.54, 1.807) is 6.07 Å². The van der Waals surface area contributed by atoms with Gasteiger partial charge in [-0.1, -0.05) is 20.8 Å². The fourth-order valence-corrected chi connectivity index (χ4v) is 0.910. The minimum absolute atomic E-state index is 0.104. The highest BCUT2D eigenvalue weighted by molar-refractivity contribution is 5.17. The smallest absolute Gasteiger partial charge is 0.274 e. The van der Waals surface area contributed by atoms with Crippen molar-refractivity contribution in [1.82, 2.24) is 5.16 Å². The second kappa shape index (κ2) is 4.16. The molecule has 0 fully saturated rings. The molecule has 1 unspecified atom stereocenters. The van der Waals surface area contributed by atoms with Crippen LogP contribution in [0.15, 0.2) is 10.6 Å². The van der Waals surface area contributed by atoms with Gasteiger partial charge in [0.15, 0.2) is 6.10 Å². The topological polar surface area (TPSA) is 35.3 Å². The van der Waals surface area contributed by atoms with Crippen LogP contribution in [0.4, 0.5) is 8.78 Å². The molecule has 0 saturated heterocycles. The van der Waals surface area contributed by atoms with Gasteiger partial charge in [-0.3, -0.25) is 0 Å². The molecular formula is C10H15F2NO2. The van der Waals surface area contributed by atoms with Crippen molar-refractivity contribution in [3.63, 3.8) is 0 Å². The van der Waals surface area contributed by atoms with E-state index in [2.05, 4.69) is 5.16 Å². The van der Waals surface area contributed by atoms with E-state index < -0.39 is 12.5 Å². The van der Waals surface area contributed by atoms with Gasteiger partial charge in [0.2, 0.25) is 0 Å². The number of rotatable bonds is 3. The molecule has 0 spiro atoms. The molecule has 15 heavy (non-hydrogen) atoms. The molecule has 86 valence electrons. The number of halogens is 2. The quantitative estimate of drug-likeness (QED) is 0.783. The number of nitrogens with zero attached hydrogens (tertiary/aromatic N) is 1. The van der Waals surface area contributed by atoms with Gasteiger partial charge in [0, 0.05) is 11.5 Å². The van der Waals surface area contributed by atoms with Crippen LogP contribution in [0.2, 0.25) is 0 Å². The molecule has 0 saturated carbocycles. The second-order valence-corrected chi connectivity index (χ2v) is 4.44. The SMILES string of the molecule is CC(Oc1cc(C(C)(C)C)on1)C(F)F. The highest BCUT2D eigenvalue weighted by atomic mass is 19.3. The molecule has 0 aliphatic heterocycles. The predicted octanol–water partition coefficient (Wildman–Crippen LogP) is 3.00. The Bertz CT molecular complexity index is 317. The summed E-state index contributed by atoms with van der Waals surface area (Å²) in [4.78, 5) is 0. The van der Waals surface area contributed by atoms with E-state index in [4.69, 9.17) is 9.26 Å². The molecule has 0 aliphatic rings. The summed E-state index contributed by atoms with van der Waals surface area (Å²) in [6, 6.07) is 1.54. The lowest BCUT2D eigenvalue weighted by atomic mass is 9.94. The summed E-state index contributed by atoms with van der Waals surface area (Å²) in [6.07, 6.45) is -3.71. The lowest BCUT2D eigenvalue weighted by Gasteiger charge is -2.12. The average Bonchev–Trinajstić information content (AvgIpc) is 2.51. The van der Waals surface area contributed by atoms with Crippen molar-refractivity contribution >= 4 is 0 Å². The zero-order chi connectivity index (χ0) is 11.6. The minimum atomic E-state index is -2.53. The van der Waals surface area contributed by atoms with Crippen molar-refractivity contribution < 1.29 is 18.0 Å². The molecule has 1 heterocycles. The molecule has 1 rings (SSSR count). The van der Waals surface area contributed by atoms with Crippen LogP contribution in [-0.4, -0.2) is 17.7 Å². The molecule has 0 aliphatic carbocycles. The van der Waals surface area contributed by atoms with Crippen LogP contribution in [0.5, 0.6) is 5.88 Å². The normalized spacial score (nSPS) is 14.3. The average molecular weight is 219 g/mol. The first kappa shape index (κ1) is 11.9. The van der Waals surface area contributed by atoms with Gasteiger partial charge in [0.25, 0.3) is 12.3 Å². The number of ether oxygens (including phenoxy) is 1. The van der Waals surface area contributed by atoms with E-state index in [9.17, 15) is 8.78 Å². The Balaban J connectivity index is 2.69. The summed E-state index contributed by atoms with van der Waals surface area (Å²) >= 11 is 0. The molecule has 5 heteroatoms. The van der Waals surface area contributed by atoms with Crippen molar-refractivity contribution in [2.45, 2.75) is 45.6 Å². The summed E-state index contributed by atoms with van der Waals surface area (Å²) in [5.41, 5.74) is -0.206. The third kappa shape index (κ3) is 3.18. The number of aromatic nitrogens is 1. The minimum Gasteiger partial charge on any atom is -0.466 e. The van der Waals surface area contributed by atoms with Crippen LogP contribution in [-0.2, 0) is 5.41 Å². The van der Waals surface area contributed by atoms with E-state index >= 15 is 0 Å². The van der Waals surface area contributed by atoms with Crippen LogP contribution in [0.1, 0.15) is 33.5 Å². The Morgan fingerprint density at radius 2 is 2.00 bits per heavy atom. The molecule has 0 radical (unpaired) electrons. The monoisotopic (exact) mass is 219 g/mol. The first-order valence-corrected chi connectivity index (χ1v) is 4.72. The first-order valence-electron chi connectivity index (χ1n) is 4.72. The fourth-order valence-electron chi connectivity index (χ4n) is 0.910. The number of alkyl halides is 2. The fraction of sp³-hybridized carbons (Fsp3) is 0.700. The van der Waals surface area contributed by atoms with Crippen molar-refractivity contribution in [3.8, 4) is 5.88 Å². The van der Waals surface area contributed by atoms with Crippen LogP contribution >= 0.6 is 0 Å². The summed E-state index contributed by atoms with van der Waals surface area (Å²) in [5, 5.41) is 3.57. The molecule has 1 aromatic heterocycles. The van der Waals surface area contributed by atoms with E-state index in [0.717, 1.165) is 0 Å². The summed E-state index contributed by atoms with van der Waals surface area (Å²) in [7, 11) is 0. The van der Waals surface area contributed by atoms with E-state index in [1.165, 1.54) is 6.92 Å². The van der Waals surface area contributed by atoms with Crippen molar-refractivity contribution in [2.75, 3.05) is 0 Å². The van der Waals surface area contributed by atoms with Gasteiger partial charge in [-0.15, -0.1) is 0 Å². The standard InChI is InChI=1S/C10H15F2NO2/c1-6(9(11)12)14-8-5-7(15-13-8)10(2,3)4/h5-6,9H,1-4H3. The van der Waals surface area contributed by atoms with Gasteiger partial charge in [0.05, 0.1) is 0 Å². The zero-order valence-electron chi connectivity index (χ0n) is 9.25. The van der Waals surface area contributed by atoms with Gasteiger partial charge >= 0.3 is 0 Å². The van der Waals surface area contributed by atoms with Gasteiger partial charge in [-0.2, -0.15) is 0 Å². The maximum Gasteiger partial charge on any atom is 0.274 e. The molecule has 3 nitrogen and oxygen atoms in total. The Morgan fingerprint density at radius 3 is 2.40 bits per heavy atom. The zero-order valence-corrected chi connectivity index (χ0v) is 9.25. The van der Waals surface area contributed by atoms with Gasteiger partial charge < -0.3 is 9.26 Å². The highest BCUT2D eigenvalue weighted by Crippen LogP contribution is 2.26. The Labute approximate surface area is 87.4 Å². The van der Waals surface area contributed by atoms with Crippen molar-refractivity contribution in [3.05, 3.63) is 11.8 Å². The first-order chi connectivity index (χ1) is 6.80. The highest BCUT2D eigenvalue weighted by Gasteiger charge is 2.22. The van der Waals surface area contributed by atoms with E-state index in [1.807, 2.05) is 20.8 Å². The number of hydrogen-bond acceptors (Lipinski definition) is 3. The van der Waals surface area contributed by atoms with Crippen LogP contribution in [0.25, 0.3) is 0 Å². The maximum atomic E-state index is 12.2. The third-order valence-corrected chi connectivity index (χ3v) is 1.89. The molecule has 1 aromatic rings. The summed E-state index contributed by atoms with van der Waals surface area (Å²) in [5.74, 6) is 0.715. The largest absolute Gasteiger partial charge is 0.466 e. The Morgan fingerprint density at radius 1 is 1.40 bits per heavy atom. The Hall–Kier alpha value is -1.13. The molecule has 0 N–H and O–H groups in total. The maximum absolute atomic E-state index is 12.2. The lowest BCUT2D eigenvalue weighted by molar-refractivity contribution is 0.0184. The second-order valence-electron chi connectivity index (χ2n) is 4.44. The van der Waals surface area contributed by atoms with Gasteiger partial charge in [0.1, 0.15) is 5.76 Å². The third-order valence-electron chi connectivity index (χ3n) is 1.89. The summed E-state index contributed by atoms with van der Waals surface area (Å²) < 4.78 is 34.2. The lowest BCUT2D eigenvalue weighted by Crippen LogP contribution is -2.21. The molecule has 0 bridgehead atoms. The van der Waals surface area contributed by atoms with Gasteiger partial charge in [-0.05, 0) is 12.1 Å². The van der Waals surface area contributed by atoms with E-state index in [0.29, 0.717) is 5.76 Å². The van der Waals surface area contributed by atoms with Crippen molar-refractivity contribution in [1.29, 1.82) is 0 Å². The summed E-state index contributed by atoms with van der Waals surface area (Å²) in [6.45, 7) is 7.10. The molecule has 1 atom stereocenters. The van der Waals surface area contributed by atoms with Crippen LogP contribution in [0.3, 0.4) is 0 Å². The Kier molecular flexibility index (Phi) is 3.31. The molecule has 0 aromatic carbocycles. The van der Waals surface area contributed by atoms with Crippen LogP contribution in [0, 0.1) is 0 Å². The molecule has 0 amide bonds. The van der Waals surface area contributed by atoms with Crippen molar-refractivity contribution in [2.24, 2.45) is 0 Å². The van der Waals surface area contributed by atoms with Gasteiger partial charge in [-0.25, -0.2) is 8.78 Å². The predicted molar refractivity (Wildman–Crippen MR) is 51.3 cm³/mol.